The highest BCUT2D eigenvalue weighted by Gasteiger charge is 2.28. The minimum atomic E-state index is -1.03. The summed E-state index contributed by atoms with van der Waals surface area (Å²) in [5.74, 6) is -2.14. The number of cyclic esters (lactones) is 1. The first-order valence-electron chi connectivity index (χ1n) is 15.0. The van der Waals surface area contributed by atoms with Crippen molar-refractivity contribution in [3.05, 3.63) is 120 Å². The number of amides is 3. The summed E-state index contributed by atoms with van der Waals surface area (Å²) in [6, 6.07) is 25.5. The normalized spacial score (nSPS) is 19.5. The maximum atomic E-state index is 13.5. The smallest absolute Gasteiger partial charge is 0.408 e. The summed E-state index contributed by atoms with van der Waals surface area (Å²) in [5, 5.41) is 18.2. The van der Waals surface area contributed by atoms with Crippen LogP contribution in [0.15, 0.2) is 103 Å². The molecule has 10 heteroatoms. The molecule has 3 aromatic carbocycles. The Labute approximate surface area is 262 Å². The Balaban J connectivity index is 1.45. The number of carbonyl (C=O) groups excluding carboxylic acids is 4. The van der Waals surface area contributed by atoms with Gasteiger partial charge in [-0.05, 0) is 36.0 Å². The number of rotatable bonds is 10. The average molecular weight is 614 g/mol. The molecular formula is C35H39N3O7. The standard InChI is InChI=1S/C35H39N3O7/c39-22-29(20-25-12-4-1-5-13-25)36-32(40)21-28-18-10-11-19-30(38-35(43)45-23-26-14-6-2-7-15-26)34(42)44-24-31(37-33(28)41)27-16-8-3-9-17-27/h1-17,28-31,39H,18-24H2,(H,36,40)(H,37,41)(H,38,43)/t28-,29+,30-,31-/m1/s1. The van der Waals surface area contributed by atoms with Crippen molar-refractivity contribution in [2.75, 3.05) is 13.2 Å². The van der Waals surface area contributed by atoms with Gasteiger partial charge in [-0.3, -0.25) is 9.59 Å². The number of allylic oxidation sites excluding steroid dienone is 1. The van der Waals surface area contributed by atoms with E-state index in [1.807, 2.05) is 78.9 Å². The molecule has 1 heterocycles. The summed E-state index contributed by atoms with van der Waals surface area (Å²) in [6.45, 7) is -0.391. The maximum Gasteiger partial charge on any atom is 0.408 e. The molecule has 3 aromatic rings. The number of alkyl carbamates (subject to hydrolysis) is 1. The number of nitrogens with one attached hydrogen (secondary N) is 3. The number of aliphatic hydroxyl groups is 1. The largest absolute Gasteiger partial charge is 0.462 e. The van der Waals surface area contributed by atoms with Crippen LogP contribution in [0, 0.1) is 5.92 Å². The molecule has 0 radical (unpaired) electrons. The monoisotopic (exact) mass is 613 g/mol. The van der Waals surface area contributed by atoms with Crippen molar-refractivity contribution in [3.63, 3.8) is 0 Å². The molecule has 3 amide bonds. The van der Waals surface area contributed by atoms with Gasteiger partial charge in [-0.15, -0.1) is 0 Å². The van der Waals surface area contributed by atoms with Crippen LogP contribution in [0.3, 0.4) is 0 Å². The fourth-order valence-electron chi connectivity index (χ4n) is 4.93. The molecule has 1 aliphatic heterocycles. The van der Waals surface area contributed by atoms with Crippen molar-refractivity contribution in [3.8, 4) is 0 Å². The van der Waals surface area contributed by atoms with Gasteiger partial charge in [-0.1, -0.05) is 103 Å². The molecule has 0 spiro atoms. The molecule has 0 fully saturated rings. The van der Waals surface area contributed by atoms with Gasteiger partial charge in [-0.2, -0.15) is 0 Å². The molecule has 45 heavy (non-hydrogen) atoms. The predicted molar refractivity (Wildman–Crippen MR) is 167 cm³/mol. The molecule has 4 N–H and O–H groups in total. The molecule has 4 atom stereocenters. The summed E-state index contributed by atoms with van der Waals surface area (Å²) < 4.78 is 10.9. The second kappa shape index (κ2) is 17.4. The van der Waals surface area contributed by atoms with E-state index in [0.717, 1.165) is 11.1 Å². The van der Waals surface area contributed by atoms with Crippen LogP contribution in [-0.4, -0.2) is 54.3 Å². The SMILES string of the molecule is O=C(C[C@H]1CC=CC[C@@H](NC(=O)OCc2ccccc2)C(=O)OC[C@H](c2ccccc2)NC1=O)N[C@H](CO)Cc1ccccc1. The molecule has 0 saturated carbocycles. The van der Waals surface area contributed by atoms with Gasteiger partial charge in [0.25, 0.3) is 0 Å². The Hall–Kier alpha value is -4.96. The van der Waals surface area contributed by atoms with Gasteiger partial charge in [-0.25, -0.2) is 9.59 Å². The van der Waals surface area contributed by atoms with Gasteiger partial charge in [0.2, 0.25) is 11.8 Å². The Morgan fingerprint density at radius 3 is 2.18 bits per heavy atom. The van der Waals surface area contributed by atoms with E-state index in [1.165, 1.54) is 0 Å². The third-order valence-corrected chi connectivity index (χ3v) is 7.37. The molecule has 1 aliphatic rings. The number of hydrogen-bond acceptors (Lipinski definition) is 7. The second-order valence-electron chi connectivity index (χ2n) is 10.8. The topological polar surface area (TPSA) is 143 Å². The Morgan fingerprint density at radius 2 is 1.51 bits per heavy atom. The molecule has 0 bridgehead atoms. The van der Waals surface area contributed by atoms with E-state index in [0.29, 0.717) is 12.0 Å². The van der Waals surface area contributed by atoms with Gasteiger partial charge in [0, 0.05) is 6.42 Å². The van der Waals surface area contributed by atoms with Gasteiger partial charge in [0.05, 0.1) is 24.6 Å². The highest BCUT2D eigenvalue weighted by Crippen LogP contribution is 2.19. The van der Waals surface area contributed by atoms with Crippen LogP contribution < -0.4 is 16.0 Å². The Kier molecular flexibility index (Phi) is 12.7. The Morgan fingerprint density at radius 1 is 0.889 bits per heavy atom. The average Bonchev–Trinajstić information content (AvgIpc) is 3.06. The highest BCUT2D eigenvalue weighted by atomic mass is 16.6. The number of esters is 1. The third kappa shape index (κ3) is 10.9. The van der Waals surface area contributed by atoms with Crippen molar-refractivity contribution >= 4 is 23.9 Å². The minimum absolute atomic E-state index is 0.0403. The van der Waals surface area contributed by atoms with E-state index in [-0.39, 0.29) is 50.9 Å². The number of benzene rings is 3. The lowest BCUT2D eigenvalue weighted by Gasteiger charge is -2.25. The van der Waals surface area contributed by atoms with Crippen molar-refractivity contribution in [1.29, 1.82) is 0 Å². The van der Waals surface area contributed by atoms with E-state index in [4.69, 9.17) is 9.47 Å². The van der Waals surface area contributed by atoms with Gasteiger partial charge >= 0.3 is 12.1 Å². The summed E-state index contributed by atoms with van der Waals surface area (Å²) in [6.07, 6.45) is 3.26. The third-order valence-electron chi connectivity index (χ3n) is 7.37. The van der Waals surface area contributed by atoms with Gasteiger partial charge in [0.1, 0.15) is 19.3 Å². The molecule has 0 aromatic heterocycles. The van der Waals surface area contributed by atoms with Crippen LogP contribution in [-0.2, 0) is 36.9 Å². The second-order valence-corrected chi connectivity index (χ2v) is 10.8. The van der Waals surface area contributed by atoms with Crippen molar-refractivity contribution in [2.45, 2.75) is 50.4 Å². The zero-order valence-electron chi connectivity index (χ0n) is 25.0. The van der Waals surface area contributed by atoms with Crippen molar-refractivity contribution in [1.82, 2.24) is 16.0 Å². The fourth-order valence-corrected chi connectivity index (χ4v) is 4.93. The quantitative estimate of drug-likeness (QED) is 0.201. The van der Waals surface area contributed by atoms with Crippen LogP contribution in [0.25, 0.3) is 0 Å². The fraction of sp³-hybridized carbons (Fsp3) is 0.314. The lowest BCUT2D eigenvalue weighted by Crippen LogP contribution is -2.44. The van der Waals surface area contributed by atoms with Crippen LogP contribution in [0.1, 0.15) is 42.0 Å². The molecule has 0 saturated heterocycles. The predicted octanol–water partition coefficient (Wildman–Crippen LogP) is 3.76. The van der Waals surface area contributed by atoms with Crippen molar-refractivity contribution in [2.24, 2.45) is 5.92 Å². The molecule has 0 unspecified atom stereocenters. The number of hydrogen-bond donors (Lipinski definition) is 4. The summed E-state index contributed by atoms with van der Waals surface area (Å²) in [4.78, 5) is 52.2. The lowest BCUT2D eigenvalue weighted by molar-refractivity contribution is -0.147. The number of ether oxygens (including phenoxy) is 2. The van der Waals surface area contributed by atoms with E-state index < -0.39 is 36.1 Å². The first kappa shape index (κ1) is 32.9. The van der Waals surface area contributed by atoms with E-state index >= 15 is 0 Å². The molecule has 10 nitrogen and oxygen atoms in total. The van der Waals surface area contributed by atoms with E-state index in [2.05, 4.69) is 16.0 Å². The maximum absolute atomic E-state index is 13.5. The zero-order valence-corrected chi connectivity index (χ0v) is 25.0. The van der Waals surface area contributed by atoms with Crippen LogP contribution in [0.4, 0.5) is 4.79 Å². The molecule has 0 aliphatic carbocycles. The number of carbonyl (C=O) groups is 4. The molecular weight excluding hydrogens is 574 g/mol. The van der Waals surface area contributed by atoms with Crippen molar-refractivity contribution < 1.29 is 33.8 Å². The van der Waals surface area contributed by atoms with Gasteiger partial charge in [0.15, 0.2) is 0 Å². The first-order chi connectivity index (χ1) is 21.9. The molecule has 4 rings (SSSR count). The Bertz CT molecular complexity index is 1420. The van der Waals surface area contributed by atoms with Crippen LogP contribution >= 0.6 is 0 Å². The lowest BCUT2D eigenvalue weighted by atomic mass is 9.97. The first-order valence-corrected chi connectivity index (χ1v) is 15.0. The van der Waals surface area contributed by atoms with E-state index in [9.17, 15) is 24.3 Å². The van der Waals surface area contributed by atoms with E-state index in [1.54, 1.807) is 24.3 Å². The summed E-state index contributed by atoms with van der Waals surface area (Å²) in [7, 11) is 0. The zero-order chi connectivity index (χ0) is 31.9. The number of aliphatic hydroxyl groups excluding tert-OH is 1. The highest BCUT2D eigenvalue weighted by molar-refractivity contribution is 5.86. The molecule has 236 valence electrons. The van der Waals surface area contributed by atoms with Gasteiger partial charge < -0.3 is 30.5 Å². The van der Waals surface area contributed by atoms with Crippen LogP contribution in [0.5, 0.6) is 0 Å². The summed E-state index contributed by atoms with van der Waals surface area (Å²) >= 11 is 0. The van der Waals surface area contributed by atoms with Crippen LogP contribution in [0.2, 0.25) is 0 Å². The minimum Gasteiger partial charge on any atom is -0.462 e. The summed E-state index contributed by atoms with van der Waals surface area (Å²) in [5.41, 5.74) is 2.48.